The second-order valence-corrected chi connectivity index (χ2v) is 4.15. The van der Waals surface area contributed by atoms with Gasteiger partial charge in [0.15, 0.2) is 0 Å². The quantitative estimate of drug-likeness (QED) is 0.824. The number of halogens is 2. The predicted octanol–water partition coefficient (Wildman–Crippen LogP) is 2.61. The molecule has 80 valence electrons. The number of carbonyl (C=O) groups is 1. The van der Waals surface area contributed by atoms with Crippen LogP contribution in [0.4, 0.5) is 5.69 Å². The standard InChI is InChI=1S/C9H8Cl2N2OS/c10-5-1-2-7(6(11)3-5)13-9(15)4-8(12)14/h1-3H,4H2,(H2,12,14)(H,13,15). The molecule has 1 aromatic rings. The summed E-state index contributed by atoms with van der Waals surface area (Å²) in [5.41, 5.74) is 5.59. The molecular formula is C9H8Cl2N2OS. The lowest BCUT2D eigenvalue weighted by molar-refractivity contribution is -0.116. The second-order valence-electron chi connectivity index (χ2n) is 2.82. The lowest BCUT2D eigenvalue weighted by atomic mass is 10.3. The maximum atomic E-state index is 10.6. The number of carbonyl (C=O) groups excluding carboxylic acids is 1. The first-order valence-corrected chi connectivity index (χ1v) is 5.18. The van der Waals surface area contributed by atoms with Gasteiger partial charge < -0.3 is 11.1 Å². The van der Waals surface area contributed by atoms with E-state index in [2.05, 4.69) is 5.32 Å². The molecule has 0 heterocycles. The summed E-state index contributed by atoms with van der Waals surface area (Å²) < 4.78 is 0. The molecule has 1 rings (SSSR count). The highest BCUT2D eigenvalue weighted by molar-refractivity contribution is 7.80. The zero-order chi connectivity index (χ0) is 11.4. The third-order valence-electron chi connectivity index (χ3n) is 1.54. The zero-order valence-electron chi connectivity index (χ0n) is 7.59. The highest BCUT2D eigenvalue weighted by atomic mass is 35.5. The molecule has 1 aromatic carbocycles. The van der Waals surface area contributed by atoms with E-state index in [0.29, 0.717) is 20.7 Å². The number of anilines is 1. The minimum absolute atomic E-state index is 0.00567. The Bertz CT molecular complexity index is 409. The molecule has 0 saturated heterocycles. The van der Waals surface area contributed by atoms with Crippen LogP contribution in [0.3, 0.4) is 0 Å². The van der Waals surface area contributed by atoms with Crippen molar-refractivity contribution in [2.75, 3.05) is 5.32 Å². The van der Waals surface area contributed by atoms with Crippen LogP contribution in [0.5, 0.6) is 0 Å². The van der Waals surface area contributed by atoms with Gasteiger partial charge in [-0.1, -0.05) is 35.4 Å². The molecule has 0 fully saturated rings. The van der Waals surface area contributed by atoms with E-state index in [1.807, 2.05) is 0 Å². The van der Waals surface area contributed by atoms with Crippen molar-refractivity contribution >= 4 is 52.0 Å². The Hall–Kier alpha value is -0.840. The van der Waals surface area contributed by atoms with Gasteiger partial charge in [0.25, 0.3) is 0 Å². The van der Waals surface area contributed by atoms with Gasteiger partial charge in [-0.2, -0.15) is 0 Å². The molecule has 0 spiro atoms. The number of thiocarbonyl (C=S) groups is 1. The highest BCUT2D eigenvalue weighted by Gasteiger charge is 2.05. The molecule has 0 aliphatic carbocycles. The Labute approximate surface area is 103 Å². The van der Waals surface area contributed by atoms with Gasteiger partial charge in [0, 0.05) is 5.02 Å². The van der Waals surface area contributed by atoms with Gasteiger partial charge in [-0.3, -0.25) is 4.79 Å². The fourth-order valence-corrected chi connectivity index (χ4v) is 1.65. The molecule has 0 saturated carbocycles. The molecule has 6 heteroatoms. The van der Waals surface area contributed by atoms with E-state index in [-0.39, 0.29) is 6.42 Å². The van der Waals surface area contributed by atoms with Gasteiger partial charge in [0.1, 0.15) is 0 Å². The third kappa shape index (κ3) is 4.03. The van der Waals surface area contributed by atoms with Crippen LogP contribution < -0.4 is 11.1 Å². The van der Waals surface area contributed by atoms with Gasteiger partial charge in [0.05, 0.1) is 22.1 Å². The van der Waals surface area contributed by atoms with Crippen LogP contribution in [-0.4, -0.2) is 10.9 Å². The summed E-state index contributed by atoms with van der Waals surface area (Å²) in [5, 5.41) is 3.78. The molecule has 3 nitrogen and oxygen atoms in total. The van der Waals surface area contributed by atoms with E-state index < -0.39 is 5.91 Å². The van der Waals surface area contributed by atoms with Crippen molar-refractivity contribution in [3.8, 4) is 0 Å². The summed E-state index contributed by atoms with van der Waals surface area (Å²) in [6.07, 6.45) is -0.00567. The largest absolute Gasteiger partial charge is 0.369 e. The molecule has 0 atom stereocenters. The predicted molar refractivity (Wildman–Crippen MR) is 66.5 cm³/mol. The van der Waals surface area contributed by atoms with Crippen LogP contribution in [0, 0.1) is 0 Å². The summed E-state index contributed by atoms with van der Waals surface area (Å²) in [4.78, 5) is 10.9. The number of rotatable bonds is 3. The van der Waals surface area contributed by atoms with E-state index in [0.717, 1.165) is 0 Å². The number of amides is 1. The van der Waals surface area contributed by atoms with Gasteiger partial charge >= 0.3 is 0 Å². The minimum atomic E-state index is -0.488. The van der Waals surface area contributed by atoms with E-state index >= 15 is 0 Å². The lowest BCUT2D eigenvalue weighted by Crippen LogP contribution is -2.20. The van der Waals surface area contributed by atoms with Crippen LogP contribution in [0.15, 0.2) is 18.2 Å². The van der Waals surface area contributed by atoms with Crippen LogP contribution in [0.1, 0.15) is 6.42 Å². The third-order valence-corrected chi connectivity index (χ3v) is 2.33. The molecule has 0 unspecified atom stereocenters. The molecule has 1 amide bonds. The number of nitrogens with one attached hydrogen (secondary N) is 1. The molecule has 0 aliphatic rings. The second kappa shape index (κ2) is 5.30. The number of benzene rings is 1. The van der Waals surface area contributed by atoms with Gasteiger partial charge in [0.2, 0.25) is 5.91 Å². The first-order chi connectivity index (χ1) is 6.99. The lowest BCUT2D eigenvalue weighted by Gasteiger charge is -2.08. The van der Waals surface area contributed by atoms with Crippen LogP contribution >= 0.6 is 35.4 Å². The van der Waals surface area contributed by atoms with Crippen molar-refractivity contribution in [1.82, 2.24) is 0 Å². The van der Waals surface area contributed by atoms with Crippen molar-refractivity contribution in [2.24, 2.45) is 5.73 Å². The maximum Gasteiger partial charge on any atom is 0.224 e. The molecular weight excluding hydrogens is 255 g/mol. The van der Waals surface area contributed by atoms with Gasteiger partial charge in [-0.05, 0) is 18.2 Å². The van der Waals surface area contributed by atoms with Gasteiger partial charge in [-0.15, -0.1) is 0 Å². The van der Waals surface area contributed by atoms with Crippen LogP contribution in [-0.2, 0) is 4.79 Å². The fraction of sp³-hybridized carbons (Fsp3) is 0.111. The number of primary amides is 1. The summed E-state index contributed by atoms with van der Waals surface area (Å²) in [6.45, 7) is 0. The molecule has 0 radical (unpaired) electrons. The number of nitrogens with two attached hydrogens (primary N) is 1. The Morgan fingerprint density at radius 1 is 1.47 bits per heavy atom. The SMILES string of the molecule is NC(=O)CC(=S)Nc1ccc(Cl)cc1Cl. The van der Waals surface area contributed by atoms with E-state index in [1.165, 1.54) is 0 Å². The van der Waals surface area contributed by atoms with Crippen molar-refractivity contribution in [3.05, 3.63) is 28.2 Å². The maximum absolute atomic E-state index is 10.6. The van der Waals surface area contributed by atoms with Crippen LogP contribution in [0.2, 0.25) is 10.0 Å². The average molecular weight is 263 g/mol. The molecule has 15 heavy (non-hydrogen) atoms. The summed E-state index contributed by atoms with van der Waals surface area (Å²) in [6, 6.07) is 4.93. The van der Waals surface area contributed by atoms with E-state index in [9.17, 15) is 4.79 Å². The molecule has 0 aromatic heterocycles. The fourth-order valence-electron chi connectivity index (χ4n) is 0.943. The highest BCUT2D eigenvalue weighted by Crippen LogP contribution is 2.25. The first-order valence-electron chi connectivity index (χ1n) is 4.02. The first kappa shape index (κ1) is 12.2. The molecule has 3 N–H and O–H groups in total. The zero-order valence-corrected chi connectivity index (χ0v) is 9.92. The van der Waals surface area contributed by atoms with Gasteiger partial charge in [-0.25, -0.2) is 0 Å². The van der Waals surface area contributed by atoms with Crippen molar-refractivity contribution < 1.29 is 4.79 Å². The Morgan fingerprint density at radius 2 is 2.13 bits per heavy atom. The number of hydrogen-bond acceptors (Lipinski definition) is 2. The summed E-state index contributed by atoms with van der Waals surface area (Å²) in [5.74, 6) is -0.488. The average Bonchev–Trinajstić information content (AvgIpc) is 2.08. The topological polar surface area (TPSA) is 55.1 Å². The molecule has 0 aliphatic heterocycles. The Kier molecular flexibility index (Phi) is 4.32. The monoisotopic (exact) mass is 262 g/mol. The van der Waals surface area contributed by atoms with Crippen LogP contribution in [0.25, 0.3) is 0 Å². The normalized spacial score (nSPS) is 9.73. The van der Waals surface area contributed by atoms with Crippen molar-refractivity contribution in [1.29, 1.82) is 0 Å². The van der Waals surface area contributed by atoms with E-state index in [4.69, 9.17) is 41.2 Å². The molecule has 0 bridgehead atoms. The minimum Gasteiger partial charge on any atom is -0.369 e. The Morgan fingerprint density at radius 3 is 2.67 bits per heavy atom. The van der Waals surface area contributed by atoms with Crippen molar-refractivity contribution in [2.45, 2.75) is 6.42 Å². The Balaban J connectivity index is 2.72. The summed E-state index contributed by atoms with van der Waals surface area (Å²) in [7, 11) is 0. The van der Waals surface area contributed by atoms with Crippen molar-refractivity contribution in [3.63, 3.8) is 0 Å². The van der Waals surface area contributed by atoms with E-state index in [1.54, 1.807) is 18.2 Å². The number of hydrogen-bond donors (Lipinski definition) is 2. The smallest absolute Gasteiger partial charge is 0.224 e. The summed E-state index contributed by atoms with van der Waals surface area (Å²) >= 11 is 16.5.